The summed E-state index contributed by atoms with van der Waals surface area (Å²) in [4.78, 5) is 9.08. The summed E-state index contributed by atoms with van der Waals surface area (Å²) in [5.74, 6) is 1.32. The molecule has 1 aromatic heterocycles. The highest BCUT2D eigenvalue weighted by Gasteiger charge is 2.43. The summed E-state index contributed by atoms with van der Waals surface area (Å²) in [7, 11) is 1.73. The topological polar surface area (TPSA) is 35.0 Å². The van der Waals surface area contributed by atoms with Gasteiger partial charge in [-0.2, -0.15) is 0 Å². The van der Waals surface area contributed by atoms with Crippen molar-refractivity contribution >= 4 is 27.5 Å². The minimum absolute atomic E-state index is 0.284. The van der Waals surface area contributed by atoms with E-state index in [4.69, 9.17) is 21.3 Å². The molecular formula is C12H14BrClN2O. The summed E-state index contributed by atoms with van der Waals surface area (Å²) in [5, 5.41) is 0.514. The lowest BCUT2D eigenvalue weighted by molar-refractivity contribution is -0.0848. The van der Waals surface area contributed by atoms with Crippen LogP contribution in [0.25, 0.3) is 0 Å². The van der Waals surface area contributed by atoms with Crippen LogP contribution in [0, 0.1) is 0 Å². The van der Waals surface area contributed by atoms with Gasteiger partial charge in [-0.1, -0.05) is 11.6 Å². The molecule has 2 aliphatic carbocycles. The number of halogens is 2. The second-order valence-electron chi connectivity index (χ2n) is 4.86. The van der Waals surface area contributed by atoms with E-state index >= 15 is 0 Å². The number of hydrogen-bond acceptors (Lipinski definition) is 3. The smallest absolute Gasteiger partial charge is 0.162 e. The van der Waals surface area contributed by atoms with Crippen LogP contribution in [0.3, 0.4) is 0 Å². The summed E-state index contributed by atoms with van der Waals surface area (Å²) in [6, 6.07) is 0. The Bertz CT molecular complexity index is 453. The summed E-state index contributed by atoms with van der Waals surface area (Å²) in [6.45, 7) is 0. The Hall–Kier alpha value is -0.190. The number of rotatable bonds is 3. The predicted molar refractivity (Wildman–Crippen MR) is 69.3 cm³/mol. The molecule has 1 aromatic rings. The molecule has 1 heterocycles. The number of ether oxygens (including phenoxy) is 1. The van der Waals surface area contributed by atoms with Gasteiger partial charge in [0.25, 0.3) is 0 Å². The first-order valence-corrected chi connectivity index (χ1v) is 7.12. The SMILES string of the molecule is COC1(c2nc(Cl)c(Br)c(C3CC3)n2)CCC1. The van der Waals surface area contributed by atoms with Crippen molar-refractivity contribution in [2.75, 3.05) is 7.11 Å². The van der Waals surface area contributed by atoms with Gasteiger partial charge in [0.05, 0.1) is 10.2 Å². The molecule has 92 valence electrons. The van der Waals surface area contributed by atoms with Gasteiger partial charge in [0.2, 0.25) is 0 Å². The van der Waals surface area contributed by atoms with Crippen LogP contribution in [0.5, 0.6) is 0 Å². The number of aromatic nitrogens is 2. The lowest BCUT2D eigenvalue weighted by atomic mass is 9.79. The zero-order chi connectivity index (χ0) is 12.0. The van der Waals surface area contributed by atoms with Crippen LogP contribution in [0.2, 0.25) is 5.15 Å². The zero-order valence-corrected chi connectivity index (χ0v) is 12.0. The molecule has 0 saturated heterocycles. The van der Waals surface area contributed by atoms with Crippen LogP contribution in [0.1, 0.15) is 49.5 Å². The molecule has 2 saturated carbocycles. The zero-order valence-electron chi connectivity index (χ0n) is 9.67. The number of methoxy groups -OCH3 is 1. The van der Waals surface area contributed by atoms with E-state index in [9.17, 15) is 0 Å². The van der Waals surface area contributed by atoms with Gasteiger partial charge >= 0.3 is 0 Å². The maximum Gasteiger partial charge on any atom is 0.162 e. The highest BCUT2D eigenvalue weighted by molar-refractivity contribution is 9.10. The molecule has 0 N–H and O–H groups in total. The molecule has 2 fully saturated rings. The quantitative estimate of drug-likeness (QED) is 0.796. The van der Waals surface area contributed by atoms with E-state index in [-0.39, 0.29) is 5.60 Å². The van der Waals surface area contributed by atoms with Gasteiger partial charge in [0.1, 0.15) is 10.8 Å². The molecule has 0 amide bonds. The van der Waals surface area contributed by atoms with E-state index < -0.39 is 0 Å². The molecule has 17 heavy (non-hydrogen) atoms. The van der Waals surface area contributed by atoms with Crippen LogP contribution >= 0.6 is 27.5 Å². The van der Waals surface area contributed by atoms with E-state index in [1.54, 1.807) is 7.11 Å². The third kappa shape index (κ3) is 1.90. The van der Waals surface area contributed by atoms with Gasteiger partial charge in [0.15, 0.2) is 5.82 Å². The molecule has 0 aromatic carbocycles. The Balaban J connectivity index is 2.05. The summed E-state index contributed by atoms with van der Waals surface area (Å²) >= 11 is 9.67. The predicted octanol–water partition coefficient (Wildman–Crippen LogP) is 3.80. The van der Waals surface area contributed by atoms with Gasteiger partial charge in [-0.05, 0) is 48.0 Å². The molecular weight excluding hydrogens is 304 g/mol. The van der Waals surface area contributed by atoms with Crippen molar-refractivity contribution in [3.8, 4) is 0 Å². The maximum absolute atomic E-state index is 6.18. The van der Waals surface area contributed by atoms with Crippen molar-refractivity contribution in [3.05, 3.63) is 21.1 Å². The molecule has 5 heteroatoms. The Morgan fingerprint density at radius 3 is 2.53 bits per heavy atom. The fourth-order valence-corrected chi connectivity index (χ4v) is 2.96. The maximum atomic E-state index is 6.18. The number of hydrogen-bond donors (Lipinski definition) is 0. The molecule has 2 aliphatic rings. The van der Waals surface area contributed by atoms with E-state index in [1.165, 1.54) is 19.3 Å². The minimum atomic E-state index is -0.284. The minimum Gasteiger partial charge on any atom is -0.370 e. The molecule has 0 spiro atoms. The van der Waals surface area contributed by atoms with Crippen LogP contribution in [0.4, 0.5) is 0 Å². The van der Waals surface area contributed by atoms with Gasteiger partial charge in [0, 0.05) is 13.0 Å². The van der Waals surface area contributed by atoms with Crippen molar-refractivity contribution in [1.29, 1.82) is 0 Å². The first-order chi connectivity index (χ1) is 8.16. The normalized spacial score (nSPS) is 22.3. The highest BCUT2D eigenvalue weighted by atomic mass is 79.9. The average molecular weight is 318 g/mol. The van der Waals surface area contributed by atoms with E-state index in [0.29, 0.717) is 11.1 Å². The Labute approximate surface area is 114 Å². The number of nitrogens with zero attached hydrogens (tertiary/aromatic N) is 2. The Morgan fingerprint density at radius 2 is 2.06 bits per heavy atom. The summed E-state index contributed by atoms with van der Waals surface area (Å²) < 4.78 is 6.47. The van der Waals surface area contributed by atoms with E-state index in [1.807, 2.05) is 0 Å². The van der Waals surface area contributed by atoms with Crippen molar-refractivity contribution in [2.45, 2.75) is 43.6 Å². The van der Waals surface area contributed by atoms with Crippen LogP contribution in [-0.4, -0.2) is 17.1 Å². The van der Waals surface area contributed by atoms with Crippen molar-refractivity contribution in [1.82, 2.24) is 9.97 Å². The van der Waals surface area contributed by atoms with Gasteiger partial charge in [-0.3, -0.25) is 0 Å². The highest BCUT2D eigenvalue weighted by Crippen LogP contribution is 2.47. The van der Waals surface area contributed by atoms with Gasteiger partial charge in [-0.25, -0.2) is 9.97 Å². The third-order valence-electron chi connectivity index (χ3n) is 3.76. The van der Waals surface area contributed by atoms with Crippen molar-refractivity contribution < 1.29 is 4.74 Å². The molecule has 0 atom stereocenters. The summed E-state index contributed by atoms with van der Waals surface area (Å²) in [6.07, 6.45) is 5.55. The van der Waals surface area contributed by atoms with Gasteiger partial charge in [-0.15, -0.1) is 0 Å². The van der Waals surface area contributed by atoms with Gasteiger partial charge < -0.3 is 4.74 Å². The second-order valence-corrected chi connectivity index (χ2v) is 6.01. The van der Waals surface area contributed by atoms with E-state index in [2.05, 4.69) is 20.9 Å². The Kier molecular flexibility index (Phi) is 2.92. The molecule has 0 aliphatic heterocycles. The van der Waals surface area contributed by atoms with Crippen molar-refractivity contribution in [3.63, 3.8) is 0 Å². The third-order valence-corrected chi connectivity index (χ3v) is 5.04. The summed E-state index contributed by atoms with van der Waals surface area (Å²) in [5.41, 5.74) is 0.775. The van der Waals surface area contributed by atoms with E-state index in [0.717, 1.165) is 28.8 Å². The second kappa shape index (κ2) is 4.18. The van der Waals surface area contributed by atoms with Crippen molar-refractivity contribution in [2.24, 2.45) is 0 Å². The lowest BCUT2D eigenvalue weighted by Gasteiger charge is -2.39. The standard InChI is InChI=1S/C12H14BrClN2O/c1-17-12(5-2-6-12)11-15-9(7-3-4-7)8(13)10(14)16-11/h7H,2-6H2,1H3. The monoisotopic (exact) mass is 316 g/mol. The fraction of sp³-hybridized carbons (Fsp3) is 0.667. The van der Waals surface area contributed by atoms with Crippen LogP contribution in [-0.2, 0) is 10.3 Å². The molecule has 0 radical (unpaired) electrons. The fourth-order valence-electron chi connectivity index (χ4n) is 2.28. The average Bonchev–Trinajstić information content (AvgIpc) is 3.06. The van der Waals surface area contributed by atoms with Crippen LogP contribution < -0.4 is 0 Å². The molecule has 0 bridgehead atoms. The molecule has 3 rings (SSSR count). The first kappa shape index (κ1) is 11.9. The largest absolute Gasteiger partial charge is 0.370 e. The Morgan fingerprint density at radius 1 is 1.35 bits per heavy atom. The van der Waals surface area contributed by atoms with Crippen LogP contribution in [0.15, 0.2) is 4.47 Å². The lowest BCUT2D eigenvalue weighted by Crippen LogP contribution is -2.38. The first-order valence-electron chi connectivity index (χ1n) is 5.95. The molecule has 3 nitrogen and oxygen atoms in total. The molecule has 0 unspecified atom stereocenters.